The largest absolute Gasteiger partial charge is 0.265 e. The van der Waals surface area contributed by atoms with Crippen LogP contribution < -0.4 is 0 Å². The first-order valence-electron chi connectivity index (χ1n) is 5.18. The fourth-order valence-corrected chi connectivity index (χ4v) is 3.23. The molecule has 0 amide bonds. The zero-order valence-corrected chi connectivity index (χ0v) is 11.7. The van der Waals surface area contributed by atoms with Crippen LogP contribution in [0.2, 0.25) is 0 Å². The standard InChI is InChI=1S/C12H13BrN2S/c1-8(2)11-10(7-13)16-12(15-11)9-3-5-14-6-4-9/h3-6,8H,7H2,1-2H3. The third-order valence-electron chi connectivity index (χ3n) is 2.32. The molecule has 0 aromatic carbocycles. The topological polar surface area (TPSA) is 25.8 Å². The maximum atomic E-state index is 4.71. The minimum Gasteiger partial charge on any atom is -0.265 e. The predicted octanol–water partition coefficient (Wildman–Crippen LogP) is 4.22. The summed E-state index contributed by atoms with van der Waals surface area (Å²) >= 11 is 5.28. The van der Waals surface area contributed by atoms with Gasteiger partial charge in [-0.2, -0.15) is 0 Å². The highest BCUT2D eigenvalue weighted by molar-refractivity contribution is 9.08. The van der Waals surface area contributed by atoms with Crippen molar-refractivity contribution in [3.8, 4) is 10.6 Å². The van der Waals surface area contributed by atoms with Gasteiger partial charge in [0.1, 0.15) is 5.01 Å². The summed E-state index contributed by atoms with van der Waals surface area (Å²) in [5.41, 5.74) is 2.35. The van der Waals surface area contributed by atoms with E-state index in [1.54, 1.807) is 23.7 Å². The molecule has 4 heteroatoms. The van der Waals surface area contributed by atoms with Gasteiger partial charge in [0.05, 0.1) is 5.69 Å². The SMILES string of the molecule is CC(C)c1nc(-c2ccncc2)sc1CBr. The van der Waals surface area contributed by atoms with E-state index >= 15 is 0 Å². The van der Waals surface area contributed by atoms with Crippen LogP contribution in [0.4, 0.5) is 0 Å². The second kappa shape index (κ2) is 5.06. The van der Waals surface area contributed by atoms with Gasteiger partial charge >= 0.3 is 0 Å². The Hall–Kier alpha value is -0.740. The van der Waals surface area contributed by atoms with Crippen LogP contribution in [0, 0.1) is 0 Å². The smallest absolute Gasteiger partial charge is 0.124 e. The molecule has 0 N–H and O–H groups in total. The summed E-state index contributed by atoms with van der Waals surface area (Å²) in [6.07, 6.45) is 3.61. The van der Waals surface area contributed by atoms with Crippen LogP contribution in [0.25, 0.3) is 10.6 Å². The monoisotopic (exact) mass is 296 g/mol. The van der Waals surface area contributed by atoms with Gasteiger partial charge in [-0.3, -0.25) is 4.98 Å². The van der Waals surface area contributed by atoms with Crippen molar-refractivity contribution in [2.75, 3.05) is 0 Å². The Kier molecular flexibility index (Phi) is 3.71. The van der Waals surface area contributed by atoms with Crippen molar-refractivity contribution >= 4 is 27.3 Å². The third-order valence-corrected chi connectivity index (χ3v) is 4.38. The van der Waals surface area contributed by atoms with Crippen molar-refractivity contribution in [1.82, 2.24) is 9.97 Å². The van der Waals surface area contributed by atoms with Gasteiger partial charge in [-0.25, -0.2) is 4.98 Å². The lowest BCUT2D eigenvalue weighted by molar-refractivity contribution is 0.825. The summed E-state index contributed by atoms with van der Waals surface area (Å²) < 4.78 is 0. The number of rotatable bonds is 3. The van der Waals surface area contributed by atoms with Gasteiger partial charge in [0, 0.05) is 28.2 Å². The van der Waals surface area contributed by atoms with Crippen LogP contribution in [0.3, 0.4) is 0 Å². The van der Waals surface area contributed by atoms with E-state index in [1.807, 2.05) is 12.1 Å². The number of hydrogen-bond donors (Lipinski definition) is 0. The van der Waals surface area contributed by atoms with Crippen LogP contribution in [-0.2, 0) is 5.33 Å². The zero-order chi connectivity index (χ0) is 11.5. The van der Waals surface area contributed by atoms with Gasteiger partial charge < -0.3 is 0 Å². The zero-order valence-electron chi connectivity index (χ0n) is 9.27. The van der Waals surface area contributed by atoms with Gasteiger partial charge in [0.2, 0.25) is 0 Å². The van der Waals surface area contributed by atoms with E-state index in [0.29, 0.717) is 5.92 Å². The van der Waals surface area contributed by atoms with Crippen molar-refractivity contribution in [3.63, 3.8) is 0 Å². The molecule has 84 valence electrons. The minimum absolute atomic E-state index is 0.472. The van der Waals surface area contributed by atoms with E-state index in [0.717, 1.165) is 15.9 Å². The highest BCUT2D eigenvalue weighted by Gasteiger charge is 2.13. The van der Waals surface area contributed by atoms with E-state index in [9.17, 15) is 0 Å². The van der Waals surface area contributed by atoms with Crippen molar-refractivity contribution in [2.24, 2.45) is 0 Å². The average molecular weight is 297 g/mol. The van der Waals surface area contributed by atoms with E-state index in [4.69, 9.17) is 4.98 Å². The summed E-state index contributed by atoms with van der Waals surface area (Å²) in [6.45, 7) is 4.36. The van der Waals surface area contributed by atoms with Crippen LogP contribution in [0.1, 0.15) is 30.3 Å². The molecule has 0 unspecified atom stereocenters. The Morgan fingerprint density at radius 3 is 2.50 bits per heavy atom. The average Bonchev–Trinajstić information content (AvgIpc) is 2.74. The molecule has 2 aromatic rings. The maximum Gasteiger partial charge on any atom is 0.124 e. The second-order valence-electron chi connectivity index (χ2n) is 3.85. The molecule has 0 radical (unpaired) electrons. The van der Waals surface area contributed by atoms with Crippen molar-refractivity contribution in [2.45, 2.75) is 25.1 Å². The Bertz CT molecular complexity index is 465. The van der Waals surface area contributed by atoms with Crippen LogP contribution in [-0.4, -0.2) is 9.97 Å². The molecule has 0 atom stereocenters. The number of aromatic nitrogens is 2. The van der Waals surface area contributed by atoms with Crippen LogP contribution >= 0.6 is 27.3 Å². The van der Waals surface area contributed by atoms with Crippen molar-refractivity contribution < 1.29 is 0 Å². The Morgan fingerprint density at radius 1 is 1.31 bits per heavy atom. The lowest BCUT2D eigenvalue weighted by Gasteiger charge is -2.01. The molecule has 0 bridgehead atoms. The fourth-order valence-electron chi connectivity index (χ4n) is 1.53. The highest BCUT2D eigenvalue weighted by Crippen LogP contribution is 2.32. The molecule has 16 heavy (non-hydrogen) atoms. The highest BCUT2D eigenvalue weighted by atomic mass is 79.9. The van der Waals surface area contributed by atoms with Crippen molar-refractivity contribution in [1.29, 1.82) is 0 Å². The number of hydrogen-bond acceptors (Lipinski definition) is 3. The molecular formula is C12H13BrN2S. The van der Waals surface area contributed by atoms with Crippen LogP contribution in [0.15, 0.2) is 24.5 Å². The predicted molar refractivity (Wildman–Crippen MR) is 72.1 cm³/mol. The lowest BCUT2D eigenvalue weighted by atomic mass is 10.1. The van der Waals surface area contributed by atoms with E-state index in [-0.39, 0.29) is 0 Å². The lowest BCUT2D eigenvalue weighted by Crippen LogP contribution is -1.91. The quantitative estimate of drug-likeness (QED) is 0.793. The molecule has 2 heterocycles. The van der Waals surface area contributed by atoms with Gasteiger partial charge in [0.15, 0.2) is 0 Å². The Morgan fingerprint density at radius 2 is 2.00 bits per heavy atom. The fraction of sp³-hybridized carbons (Fsp3) is 0.333. The molecule has 0 aliphatic rings. The summed E-state index contributed by atoms with van der Waals surface area (Å²) in [5.74, 6) is 0.472. The van der Waals surface area contributed by atoms with Gasteiger partial charge in [-0.15, -0.1) is 11.3 Å². The van der Waals surface area contributed by atoms with Gasteiger partial charge in [-0.05, 0) is 18.1 Å². The molecule has 0 spiro atoms. The van der Waals surface area contributed by atoms with Crippen LogP contribution in [0.5, 0.6) is 0 Å². The summed E-state index contributed by atoms with van der Waals surface area (Å²) in [7, 11) is 0. The third kappa shape index (κ3) is 2.33. The Balaban J connectivity index is 2.44. The first-order chi connectivity index (χ1) is 7.72. The van der Waals surface area contributed by atoms with Gasteiger partial charge in [-0.1, -0.05) is 29.8 Å². The normalized spacial score (nSPS) is 11.0. The van der Waals surface area contributed by atoms with Gasteiger partial charge in [0.25, 0.3) is 0 Å². The summed E-state index contributed by atoms with van der Waals surface area (Å²) in [4.78, 5) is 10.1. The van der Waals surface area contributed by atoms with Crippen molar-refractivity contribution in [3.05, 3.63) is 35.1 Å². The molecular weight excluding hydrogens is 284 g/mol. The number of nitrogens with zero attached hydrogens (tertiary/aromatic N) is 2. The minimum atomic E-state index is 0.472. The maximum absolute atomic E-state index is 4.71. The molecule has 0 aliphatic carbocycles. The number of halogens is 1. The molecule has 2 rings (SSSR count). The molecule has 0 fully saturated rings. The molecule has 0 aliphatic heterocycles. The first-order valence-corrected chi connectivity index (χ1v) is 7.12. The number of thiazole rings is 1. The second-order valence-corrected chi connectivity index (χ2v) is 5.50. The molecule has 0 saturated carbocycles. The molecule has 2 nitrogen and oxygen atoms in total. The number of pyridine rings is 1. The Labute approximate surface area is 108 Å². The van der Waals surface area contributed by atoms with E-state index < -0.39 is 0 Å². The summed E-state index contributed by atoms with van der Waals surface area (Å²) in [5, 5.41) is 1.96. The summed E-state index contributed by atoms with van der Waals surface area (Å²) in [6, 6.07) is 4.00. The van der Waals surface area contributed by atoms with E-state index in [1.165, 1.54) is 10.6 Å². The van der Waals surface area contributed by atoms with E-state index in [2.05, 4.69) is 34.8 Å². The first kappa shape index (κ1) is 11.7. The molecule has 2 aromatic heterocycles. The number of alkyl halides is 1. The molecule has 0 saturated heterocycles.